The summed E-state index contributed by atoms with van der Waals surface area (Å²) < 4.78 is 6.49. The van der Waals surface area contributed by atoms with Gasteiger partial charge in [-0.05, 0) is 25.5 Å². The molecule has 1 atom stereocenters. The van der Waals surface area contributed by atoms with Crippen molar-refractivity contribution in [2.24, 2.45) is 5.92 Å². The second kappa shape index (κ2) is 8.50. The molecule has 1 unspecified atom stereocenters. The molecule has 0 aliphatic rings. The molecule has 0 saturated carbocycles. The minimum atomic E-state index is 0.314. The van der Waals surface area contributed by atoms with E-state index < -0.39 is 0 Å². The molecular weight excluding hydrogens is 214 g/mol. The Hall–Kier alpha value is 0.200. The highest BCUT2D eigenvalue weighted by molar-refractivity contribution is 8.22. The number of thiocarbonyl (C=S) groups is 1. The summed E-state index contributed by atoms with van der Waals surface area (Å²) in [6, 6.07) is 0. The van der Waals surface area contributed by atoms with Gasteiger partial charge in [0.15, 0.2) is 0 Å². The third-order valence-electron chi connectivity index (χ3n) is 1.72. The van der Waals surface area contributed by atoms with Crippen molar-refractivity contribution in [3.8, 4) is 0 Å². The summed E-state index contributed by atoms with van der Waals surface area (Å²) in [4.78, 5) is 0. The van der Waals surface area contributed by atoms with E-state index in [0.717, 1.165) is 23.9 Å². The van der Waals surface area contributed by atoms with Gasteiger partial charge in [0.25, 0.3) is 0 Å². The van der Waals surface area contributed by atoms with Crippen LogP contribution in [0.2, 0.25) is 0 Å². The first-order valence-corrected chi connectivity index (χ1v) is 6.63. The van der Waals surface area contributed by atoms with Crippen LogP contribution >= 0.6 is 24.0 Å². The van der Waals surface area contributed by atoms with E-state index in [0.29, 0.717) is 12.0 Å². The lowest BCUT2D eigenvalue weighted by Gasteiger charge is -2.15. The predicted octanol–water partition coefficient (Wildman–Crippen LogP) is 2.68. The largest absolute Gasteiger partial charge is 0.378 e. The fourth-order valence-corrected chi connectivity index (χ4v) is 1.24. The first-order chi connectivity index (χ1) is 6.56. The Morgan fingerprint density at radius 1 is 1.43 bits per heavy atom. The van der Waals surface area contributed by atoms with Gasteiger partial charge in [0.2, 0.25) is 0 Å². The van der Waals surface area contributed by atoms with Crippen LogP contribution in [0.1, 0.15) is 27.2 Å². The summed E-state index contributed by atoms with van der Waals surface area (Å²) in [6.07, 6.45) is 3.30. The zero-order valence-corrected chi connectivity index (χ0v) is 11.1. The van der Waals surface area contributed by atoms with Crippen LogP contribution in [0.25, 0.3) is 0 Å². The molecule has 14 heavy (non-hydrogen) atoms. The molecule has 0 aliphatic carbocycles. The highest BCUT2D eigenvalue weighted by Gasteiger charge is 2.03. The SMILES string of the molecule is CSC(=S)NCCC(C)OCC(C)C. The van der Waals surface area contributed by atoms with E-state index in [1.54, 1.807) is 11.8 Å². The van der Waals surface area contributed by atoms with Crippen LogP contribution in [0.4, 0.5) is 0 Å². The first kappa shape index (κ1) is 14.2. The minimum absolute atomic E-state index is 0.314. The van der Waals surface area contributed by atoms with Gasteiger partial charge in [-0.2, -0.15) is 0 Å². The molecule has 0 amide bonds. The van der Waals surface area contributed by atoms with E-state index in [1.807, 2.05) is 6.26 Å². The summed E-state index contributed by atoms with van der Waals surface area (Å²) in [5.74, 6) is 0.609. The van der Waals surface area contributed by atoms with E-state index >= 15 is 0 Å². The van der Waals surface area contributed by atoms with Crippen molar-refractivity contribution in [3.63, 3.8) is 0 Å². The van der Waals surface area contributed by atoms with Crippen LogP contribution in [0.3, 0.4) is 0 Å². The Kier molecular flexibility index (Phi) is 8.63. The molecule has 0 aromatic carbocycles. The van der Waals surface area contributed by atoms with Crippen molar-refractivity contribution in [2.45, 2.75) is 33.3 Å². The normalized spacial score (nSPS) is 12.9. The van der Waals surface area contributed by atoms with Gasteiger partial charge in [0, 0.05) is 13.2 Å². The zero-order chi connectivity index (χ0) is 11.0. The van der Waals surface area contributed by atoms with E-state index in [9.17, 15) is 0 Å². The molecule has 0 aromatic rings. The topological polar surface area (TPSA) is 21.3 Å². The summed E-state index contributed by atoms with van der Waals surface area (Å²) in [7, 11) is 0. The smallest absolute Gasteiger partial charge is 0.133 e. The van der Waals surface area contributed by atoms with Crippen LogP contribution in [0, 0.1) is 5.92 Å². The maximum atomic E-state index is 5.63. The molecule has 0 aromatic heterocycles. The lowest BCUT2D eigenvalue weighted by molar-refractivity contribution is 0.0434. The number of hydrogen-bond donors (Lipinski definition) is 1. The Balaban J connectivity index is 3.35. The number of thioether (sulfide) groups is 1. The third-order valence-corrected chi connectivity index (χ3v) is 2.88. The van der Waals surface area contributed by atoms with E-state index in [1.165, 1.54) is 0 Å². The fourth-order valence-electron chi connectivity index (χ4n) is 0.890. The van der Waals surface area contributed by atoms with Crippen LogP contribution in [-0.4, -0.2) is 29.8 Å². The number of ether oxygens (including phenoxy) is 1. The van der Waals surface area contributed by atoms with Crippen LogP contribution in [0.15, 0.2) is 0 Å². The Morgan fingerprint density at radius 2 is 2.07 bits per heavy atom. The molecule has 0 saturated heterocycles. The van der Waals surface area contributed by atoms with Gasteiger partial charge in [-0.25, -0.2) is 0 Å². The number of nitrogens with one attached hydrogen (secondary N) is 1. The molecule has 4 heteroatoms. The van der Waals surface area contributed by atoms with Crippen LogP contribution in [0.5, 0.6) is 0 Å². The molecule has 1 N–H and O–H groups in total. The third kappa shape index (κ3) is 8.78. The van der Waals surface area contributed by atoms with E-state index in [4.69, 9.17) is 17.0 Å². The molecule has 0 fully saturated rings. The average molecular weight is 235 g/mol. The molecule has 0 heterocycles. The van der Waals surface area contributed by atoms with Crippen molar-refractivity contribution in [1.29, 1.82) is 0 Å². The standard InChI is InChI=1S/C10H21NOS2/c1-8(2)7-12-9(3)5-6-11-10(13)14-4/h8-9H,5-7H2,1-4H3,(H,11,13). The Morgan fingerprint density at radius 3 is 2.57 bits per heavy atom. The number of hydrogen-bond acceptors (Lipinski definition) is 3. The highest BCUT2D eigenvalue weighted by Crippen LogP contribution is 2.01. The average Bonchev–Trinajstić information content (AvgIpc) is 2.14. The molecule has 0 rings (SSSR count). The predicted molar refractivity (Wildman–Crippen MR) is 69.0 cm³/mol. The second-order valence-electron chi connectivity index (χ2n) is 3.74. The summed E-state index contributed by atoms with van der Waals surface area (Å²) in [6.45, 7) is 8.17. The van der Waals surface area contributed by atoms with Gasteiger partial charge < -0.3 is 10.1 Å². The maximum absolute atomic E-state index is 5.63. The molecule has 0 bridgehead atoms. The first-order valence-electron chi connectivity index (χ1n) is 4.99. The van der Waals surface area contributed by atoms with Crippen molar-refractivity contribution >= 4 is 28.3 Å². The summed E-state index contributed by atoms with van der Waals surface area (Å²) >= 11 is 6.60. The Labute approximate surface area is 97.2 Å². The van der Waals surface area contributed by atoms with Crippen LogP contribution < -0.4 is 5.32 Å². The van der Waals surface area contributed by atoms with Crippen molar-refractivity contribution < 1.29 is 4.74 Å². The van der Waals surface area contributed by atoms with Crippen molar-refractivity contribution in [3.05, 3.63) is 0 Å². The van der Waals surface area contributed by atoms with Crippen LogP contribution in [-0.2, 0) is 4.74 Å². The van der Waals surface area contributed by atoms with Gasteiger partial charge in [-0.1, -0.05) is 26.1 Å². The quantitative estimate of drug-likeness (QED) is 0.714. The molecular formula is C10H21NOS2. The summed E-state index contributed by atoms with van der Waals surface area (Å²) in [5.41, 5.74) is 0. The fraction of sp³-hybridized carbons (Fsp3) is 0.900. The van der Waals surface area contributed by atoms with Gasteiger partial charge in [-0.15, -0.1) is 11.8 Å². The van der Waals surface area contributed by atoms with E-state index in [2.05, 4.69) is 26.1 Å². The lowest BCUT2D eigenvalue weighted by atomic mass is 10.2. The molecule has 0 spiro atoms. The minimum Gasteiger partial charge on any atom is -0.378 e. The lowest BCUT2D eigenvalue weighted by Crippen LogP contribution is -2.24. The summed E-state index contributed by atoms with van der Waals surface area (Å²) in [5, 5.41) is 3.17. The Bertz CT molecular complexity index is 162. The molecule has 0 radical (unpaired) electrons. The highest BCUT2D eigenvalue weighted by atomic mass is 32.2. The maximum Gasteiger partial charge on any atom is 0.133 e. The monoisotopic (exact) mass is 235 g/mol. The van der Waals surface area contributed by atoms with Crippen molar-refractivity contribution in [1.82, 2.24) is 5.32 Å². The van der Waals surface area contributed by atoms with Gasteiger partial charge >= 0.3 is 0 Å². The van der Waals surface area contributed by atoms with Gasteiger partial charge in [-0.3, -0.25) is 0 Å². The number of rotatable bonds is 6. The molecule has 0 aliphatic heterocycles. The molecule has 2 nitrogen and oxygen atoms in total. The second-order valence-corrected chi connectivity index (χ2v) is 5.23. The van der Waals surface area contributed by atoms with Gasteiger partial charge in [0.1, 0.15) is 4.32 Å². The zero-order valence-electron chi connectivity index (χ0n) is 9.50. The van der Waals surface area contributed by atoms with Gasteiger partial charge in [0.05, 0.1) is 6.10 Å². The molecule has 84 valence electrons. The van der Waals surface area contributed by atoms with E-state index in [-0.39, 0.29) is 0 Å². The van der Waals surface area contributed by atoms with Crippen molar-refractivity contribution in [2.75, 3.05) is 19.4 Å².